The zero-order chi connectivity index (χ0) is 10.2. The predicted octanol–water partition coefficient (Wildman–Crippen LogP) is 1.83. The molecule has 0 rings (SSSR count). The van der Waals surface area contributed by atoms with Gasteiger partial charge < -0.3 is 4.89 Å². The lowest BCUT2D eigenvalue weighted by molar-refractivity contribution is 0.150. The molecule has 0 saturated carbocycles. The van der Waals surface area contributed by atoms with E-state index in [0.29, 0.717) is 6.42 Å². The van der Waals surface area contributed by atoms with Gasteiger partial charge in [0.25, 0.3) is 0 Å². The Morgan fingerprint density at radius 1 is 1.46 bits per heavy atom. The molecule has 5 nitrogen and oxygen atoms in total. The lowest BCUT2D eigenvalue weighted by atomic mass is 10.4. The fourth-order valence-electron chi connectivity index (χ4n) is 0.568. The summed E-state index contributed by atoms with van der Waals surface area (Å²) in [5.41, 5.74) is 0. The van der Waals surface area contributed by atoms with E-state index in [4.69, 9.17) is 10.2 Å². The van der Waals surface area contributed by atoms with Gasteiger partial charge in [-0.05, 0) is 6.42 Å². The first kappa shape index (κ1) is 12.6. The minimum Gasteiger partial charge on any atom is -0.302 e. The van der Waals surface area contributed by atoms with Gasteiger partial charge in [-0.1, -0.05) is 13.3 Å². The lowest BCUT2D eigenvalue weighted by Crippen LogP contribution is -1.97. The summed E-state index contributed by atoms with van der Waals surface area (Å²) in [6, 6.07) is 1.79. The molecular weight excluding hydrogens is 193 g/mol. The maximum atomic E-state index is 11.0. The predicted molar refractivity (Wildman–Crippen MR) is 46.9 cm³/mol. The van der Waals surface area contributed by atoms with Gasteiger partial charge in [0.2, 0.25) is 0 Å². The van der Waals surface area contributed by atoms with Crippen LogP contribution in [-0.2, 0) is 13.6 Å². The summed E-state index contributed by atoms with van der Waals surface area (Å²) in [7, 11) is -3.90. The Labute approximate surface area is 77.9 Å². The second kappa shape index (κ2) is 7.05. The molecule has 1 atom stereocenters. The standard InChI is InChI=1S/C7H14NO4P/c1-2-3-6-11-13(9,10)12-7-4-5-8/h2-4,6-7H2,1H3,(H,9,10). The Morgan fingerprint density at radius 3 is 2.62 bits per heavy atom. The Kier molecular flexibility index (Phi) is 6.83. The van der Waals surface area contributed by atoms with Gasteiger partial charge in [0.05, 0.1) is 25.7 Å². The topological polar surface area (TPSA) is 79.6 Å². The molecule has 0 aliphatic heterocycles. The first-order chi connectivity index (χ1) is 6.12. The number of phosphoric acid groups is 1. The normalized spacial score (nSPS) is 14.8. The van der Waals surface area contributed by atoms with E-state index in [1.165, 1.54) is 0 Å². The van der Waals surface area contributed by atoms with Crippen LogP contribution >= 0.6 is 7.82 Å². The molecule has 1 N–H and O–H groups in total. The fraction of sp³-hybridized carbons (Fsp3) is 0.857. The smallest absolute Gasteiger partial charge is 0.302 e. The van der Waals surface area contributed by atoms with Crippen molar-refractivity contribution in [2.75, 3.05) is 13.2 Å². The molecule has 0 heterocycles. The van der Waals surface area contributed by atoms with Crippen LogP contribution in [0.1, 0.15) is 26.2 Å². The quantitative estimate of drug-likeness (QED) is 0.508. The molecule has 13 heavy (non-hydrogen) atoms. The molecule has 0 saturated heterocycles. The summed E-state index contributed by atoms with van der Waals surface area (Å²) in [5, 5.41) is 8.14. The van der Waals surface area contributed by atoms with Crippen molar-refractivity contribution >= 4 is 7.82 Å². The van der Waals surface area contributed by atoms with Crippen LogP contribution < -0.4 is 0 Å². The number of phosphoric ester groups is 1. The van der Waals surface area contributed by atoms with E-state index in [0.717, 1.165) is 6.42 Å². The van der Waals surface area contributed by atoms with Crippen molar-refractivity contribution in [2.24, 2.45) is 0 Å². The summed E-state index contributed by atoms with van der Waals surface area (Å²) >= 11 is 0. The lowest BCUT2D eigenvalue weighted by Gasteiger charge is -2.10. The van der Waals surface area contributed by atoms with Crippen molar-refractivity contribution in [3.8, 4) is 6.07 Å². The average Bonchev–Trinajstić information content (AvgIpc) is 2.05. The van der Waals surface area contributed by atoms with Crippen molar-refractivity contribution < 1.29 is 18.5 Å². The van der Waals surface area contributed by atoms with Gasteiger partial charge in [-0.2, -0.15) is 5.26 Å². The third kappa shape index (κ3) is 7.94. The van der Waals surface area contributed by atoms with Gasteiger partial charge in [-0.3, -0.25) is 9.05 Å². The van der Waals surface area contributed by atoms with Gasteiger partial charge in [0.15, 0.2) is 0 Å². The average molecular weight is 207 g/mol. The molecule has 1 unspecified atom stereocenters. The molecule has 0 aliphatic rings. The Hall–Kier alpha value is -0.400. The molecule has 0 spiro atoms. The molecule has 0 aromatic rings. The molecule has 76 valence electrons. The van der Waals surface area contributed by atoms with E-state index in [1.54, 1.807) is 6.07 Å². The van der Waals surface area contributed by atoms with Gasteiger partial charge in [-0.15, -0.1) is 0 Å². The second-order valence-corrected chi connectivity index (χ2v) is 3.85. The largest absolute Gasteiger partial charge is 0.472 e. The van der Waals surface area contributed by atoms with Crippen molar-refractivity contribution in [3.63, 3.8) is 0 Å². The SMILES string of the molecule is CCCCOP(=O)(O)OCCC#N. The van der Waals surface area contributed by atoms with Gasteiger partial charge in [-0.25, -0.2) is 4.57 Å². The number of unbranched alkanes of at least 4 members (excludes halogenated alkanes) is 1. The maximum absolute atomic E-state index is 11.0. The third-order valence-corrected chi connectivity index (χ3v) is 2.24. The summed E-state index contributed by atoms with van der Waals surface area (Å²) in [6.07, 6.45) is 1.69. The van der Waals surface area contributed by atoms with Crippen LogP contribution in [0.5, 0.6) is 0 Å². The minimum atomic E-state index is -3.90. The first-order valence-corrected chi connectivity index (χ1v) is 5.60. The minimum absolute atomic E-state index is 0.0730. The van der Waals surface area contributed by atoms with E-state index < -0.39 is 7.82 Å². The van der Waals surface area contributed by atoms with Crippen molar-refractivity contribution in [1.29, 1.82) is 5.26 Å². The van der Waals surface area contributed by atoms with Gasteiger partial charge >= 0.3 is 7.82 Å². The number of nitriles is 1. The van der Waals surface area contributed by atoms with E-state index in [1.807, 2.05) is 6.92 Å². The molecule has 0 aromatic carbocycles. The number of nitrogens with zero attached hydrogens (tertiary/aromatic N) is 1. The van der Waals surface area contributed by atoms with E-state index in [9.17, 15) is 4.57 Å². The molecule has 0 aromatic heterocycles. The highest BCUT2D eigenvalue weighted by molar-refractivity contribution is 7.47. The molecule has 0 amide bonds. The van der Waals surface area contributed by atoms with Crippen LogP contribution in [0.25, 0.3) is 0 Å². The molecule has 0 bridgehead atoms. The van der Waals surface area contributed by atoms with Crippen molar-refractivity contribution in [3.05, 3.63) is 0 Å². The van der Waals surface area contributed by atoms with Crippen LogP contribution in [-0.4, -0.2) is 18.1 Å². The maximum Gasteiger partial charge on any atom is 0.472 e. The van der Waals surface area contributed by atoms with Crippen molar-refractivity contribution in [2.45, 2.75) is 26.2 Å². The second-order valence-electron chi connectivity index (χ2n) is 2.40. The fourth-order valence-corrected chi connectivity index (χ4v) is 1.32. The van der Waals surface area contributed by atoms with Crippen LogP contribution in [0.15, 0.2) is 0 Å². The van der Waals surface area contributed by atoms with Gasteiger partial charge in [0.1, 0.15) is 0 Å². The van der Waals surface area contributed by atoms with E-state index >= 15 is 0 Å². The van der Waals surface area contributed by atoms with Crippen LogP contribution in [0.2, 0.25) is 0 Å². The number of hydrogen-bond donors (Lipinski definition) is 1. The Morgan fingerprint density at radius 2 is 2.08 bits per heavy atom. The van der Waals surface area contributed by atoms with Crippen molar-refractivity contribution in [1.82, 2.24) is 0 Å². The summed E-state index contributed by atoms with van der Waals surface area (Å²) in [4.78, 5) is 8.97. The van der Waals surface area contributed by atoms with Crippen LogP contribution in [0.3, 0.4) is 0 Å². The molecule has 0 radical (unpaired) electrons. The highest BCUT2D eigenvalue weighted by atomic mass is 31.2. The van der Waals surface area contributed by atoms with E-state index in [-0.39, 0.29) is 19.6 Å². The van der Waals surface area contributed by atoms with Gasteiger partial charge in [0, 0.05) is 0 Å². The van der Waals surface area contributed by atoms with Crippen LogP contribution in [0.4, 0.5) is 0 Å². The number of rotatable bonds is 7. The molecular formula is C7H14NO4P. The number of hydrogen-bond acceptors (Lipinski definition) is 4. The summed E-state index contributed by atoms with van der Waals surface area (Å²) in [6.45, 7) is 2.08. The Balaban J connectivity index is 3.56. The molecule has 0 aliphatic carbocycles. The van der Waals surface area contributed by atoms with Crippen LogP contribution in [0, 0.1) is 11.3 Å². The highest BCUT2D eigenvalue weighted by Crippen LogP contribution is 2.43. The zero-order valence-electron chi connectivity index (χ0n) is 7.60. The Bertz CT molecular complexity index is 213. The monoisotopic (exact) mass is 207 g/mol. The summed E-state index contributed by atoms with van der Waals surface area (Å²) in [5.74, 6) is 0. The highest BCUT2D eigenvalue weighted by Gasteiger charge is 2.19. The molecule has 0 fully saturated rings. The molecule has 6 heteroatoms. The first-order valence-electron chi connectivity index (χ1n) is 4.11. The summed E-state index contributed by atoms with van der Waals surface area (Å²) < 4.78 is 20.0. The third-order valence-electron chi connectivity index (χ3n) is 1.22. The van der Waals surface area contributed by atoms with E-state index in [2.05, 4.69) is 9.05 Å². The zero-order valence-corrected chi connectivity index (χ0v) is 8.50.